The van der Waals surface area contributed by atoms with Crippen LogP contribution in [0.2, 0.25) is 0 Å². The summed E-state index contributed by atoms with van der Waals surface area (Å²) in [4.78, 5) is 43.6. The number of amides is 1. The summed E-state index contributed by atoms with van der Waals surface area (Å²) in [6.45, 7) is 1.60. The molecule has 2 aromatic heterocycles. The summed E-state index contributed by atoms with van der Waals surface area (Å²) in [5.74, 6) is -1.93. The third-order valence-electron chi connectivity index (χ3n) is 3.80. The third-order valence-corrected chi connectivity index (χ3v) is 3.80. The van der Waals surface area contributed by atoms with Gasteiger partial charge in [-0.05, 0) is 31.5 Å². The molecule has 134 valence electrons. The highest BCUT2D eigenvalue weighted by atomic mass is 19.1. The minimum Gasteiger partial charge on any atom is -0.349 e. The number of nitrogens with zero attached hydrogens (tertiary/aromatic N) is 1. The molecule has 7 nitrogen and oxygen atoms in total. The second-order valence-electron chi connectivity index (χ2n) is 5.81. The van der Waals surface area contributed by atoms with Crippen molar-refractivity contribution in [2.45, 2.75) is 19.4 Å². The number of carbonyl (C=O) groups excluding carboxylic acids is 1. The van der Waals surface area contributed by atoms with Crippen LogP contribution in [0.5, 0.6) is 0 Å². The van der Waals surface area contributed by atoms with Crippen molar-refractivity contribution in [3.05, 3.63) is 74.1 Å². The molecule has 26 heavy (non-hydrogen) atoms. The van der Waals surface area contributed by atoms with E-state index in [0.717, 1.165) is 12.1 Å². The quantitative estimate of drug-likeness (QED) is 0.651. The van der Waals surface area contributed by atoms with Gasteiger partial charge >= 0.3 is 5.69 Å². The maximum Gasteiger partial charge on any atom is 0.327 e. The van der Waals surface area contributed by atoms with Crippen LogP contribution >= 0.6 is 0 Å². The van der Waals surface area contributed by atoms with Gasteiger partial charge in [0.25, 0.3) is 11.5 Å². The summed E-state index contributed by atoms with van der Waals surface area (Å²) in [5, 5.41) is 2.64. The van der Waals surface area contributed by atoms with Crippen LogP contribution in [0.25, 0.3) is 11.0 Å². The molecule has 9 heteroatoms. The van der Waals surface area contributed by atoms with E-state index in [-0.39, 0.29) is 28.6 Å². The molecule has 1 unspecified atom stereocenters. The lowest BCUT2D eigenvalue weighted by molar-refractivity contribution is 0.0939. The molecule has 1 aromatic carbocycles. The fourth-order valence-electron chi connectivity index (χ4n) is 2.56. The van der Waals surface area contributed by atoms with Gasteiger partial charge in [0.2, 0.25) is 0 Å². The SMILES string of the molecule is CC(Cc1c(F)cccc1F)NC(=O)c1cnc2[nH]c(=O)[nH]c(=O)c2c1. The number of halogens is 2. The molecular formula is C17H14F2N4O3. The van der Waals surface area contributed by atoms with E-state index in [1.54, 1.807) is 6.92 Å². The van der Waals surface area contributed by atoms with Crippen LogP contribution in [0.15, 0.2) is 40.1 Å². The number of carbonyl (C=O) groups is 1. The van der Waals surface area contributed by atoms with Gasteiger partial charge in [-0.2, -0.15) is 0 Å². The topological polar surface area (TPSA) is 108 Å². The zero-order chi connectivity index (χ0) is 18.8. The highest BCUT2D eigenvalue weighted by Crippen LogP contribution is 2.14. The molecule has 0 spiro atoms. The first-order chi connectivity index (χ1) is 12.3. The standard InChI is InChI=1S/C17H14F2N4O3/c1-8(5-10-12(18)3-2-4-13(10)19)21-15(24)9-6-11-14(20-7-9)22-17(26)23-16(11)25/h2-4,6-8H,5H2,1H3,(H,21,24)(H2,20,22,23,25,26). The van der Waals surface area contributed by atoms with Crippen molar-refractivity contribution < 1.29 is 13.6 Å². The van der Waals surface area contributed by atoms with Gasteiger partial charge in [0, 0.05) is 17.8 Å². The highest BCUT2D eigenvalue weighted by Gasteiger charge is 2.16. The van der Waals surface area contributed by atoms with E-state index in [0.29, 0.717) is 0 Å². The predicted molar refractivity (Wildman–Crippen MR) is 90.0 cm³/mol. The molecule has 0 aliphatic carbocycles. The third kappa shape index (κ3) is 3.51. The maximum absolute atomic E-state index is 13.7. The van der Waals surface area contributed by atoms with E-state index in [1.165, 1.54) is 18.3 Å². The Morgan fingerprint density at radius 2 is 1.92 bits per heavy atom. The number of rotatable bonds is 4. The first-order valence-corrected chi connectivity index (χ1v) is 7.71. The zero-order valence-electron chi connectivity index (χ0n) is 13.6. The van der Waals surface area contributed by atoms with E-state index >= 15 is 0 Å². The fourth-order valence-corrected chi connectivity index (χ4v) is 2.56. The summed E-state index contributed by atoms with van der Waals surface area (Å²) in [7, 11) is 0. The summed E-state index contributed by atoms with van der Waals surface area (Å²) in [5.41, 5.74) is -1.36. The fraction of sp³-hybridized carbons (Fsp3) is 0.176. The van der Waals surface area contributed by atoms with Gasteiger partial charge in [-0.15, -0.1) is 0 Å². The molecule has 0 aliphatic rings. The Morgan fingerprint density at radius 3 is 2.62 bits per heavy atom. The molecule has 0 aliphatic heterocycles. The molecule has 3 aromatic rings. The Balaban J connectivity index is 1.80. The summed E-state index contributed by atoms with van der Waals surface area (Å²) >= 11 is 0. The first kappa shape index (κ1) is 17.5. The van der Waals surface area contributed by atoms with Gasteiger partial charge in [-0.3, -0.25) is 19.6 Å². The Kier molecular flexibility index (Phi) is 4.61. The number of H-pyrrole nitrogens is 2. The van der Waals surface area contributed by atoms with Crippen LogP contribution in [0, 0.1) is 11.6 Å². The van der Waals surface area contributed by atoms with E-state index in [1.807, 2.05) is 4.98 Å². The highest BCUT2D eigenvalue weighted by molar-refractivity contribution is 5.96. The van der Waals surface area contributed by atoms with Gasteiger partial charge in [0.1, 0.15) is 17.3 Å². The van der Waals surface area contributed by atoms with Crippen LogP contribution in [-0.4, -0.2) is 26.9 Å². The molecular weight excluding hydrogens is 346 g/mol. The van der Waals surface area contributed by atoms with Crippen molar-refractivity contribution in [1.82, 2.24) is 20.3 Å². The van der Waals surface area contributed by atoms with Crippen molar-refractivity contribution in [2.75, 3.05) is 0 Å². The summed E-state index contributed by atoms with van der Waals surface area (Å²) in [6.07, 6.45) is 1.16. The Labute approximate surface area is 145 Å². The van der Waals surface area contributed by atoms with Crippen LogP contribution in [0.3, 0.4) is 0 Å². The first-order valence-electron chi connectivity index (χ1n) is 7.71. The van der Waals surface area contributed by atoms with Crippen molar-refractivity contribution in [3.8, 4) is 0 Å². The molecule has 0 fully saturated rings. The number of nitrogens with one attached hydrogen (secondary N) is 3. The number of pyridine rings is 1. The second kappa shape index (κ2) is 6.87. The van der Waals surface area contributed by atoms with E-state index in [4.69, 9.17) is 0 Å². The average molecular weight is 360 g/mol. The van der Waals surface area contributed by atoms with Crippen LogP contribution in [0.4, 0.5) is 8.78 Å². The lowest BCUT2D eigenvalue weighted by atomic mass is 10.1. The molecule has 0 saturated carbocycles. The van der Waals surface area contributed by atoms with Gasteiger partial charge in [-0.25, -0.2) is 18.6 Å². The number of aromatic amines is 2. The van der Waals surface area contributed by atoms with E-state index in [9.17, 15) is 23.2 Å². The molecule has 3 N–H and O–H groups in total. The lowest BCUT2D eigenvalue weighted by Crippen LogP contribution is -2.34. The minimum atomic E-state index is -0.701. The monoisotopic (exact) mass is 360 g/mol. The maximum atomic E-state index is 13.7. The molecule has 0 radical (unpaired) electrons. The number of aromatic nitrogens is 3. The van der Waals surface area contributed by atoms with Crippen LogP contribution < -0.4 is 16.6 Å². The Morgan fingerprint density at radius 1 is 1.23 bits per heavy atom. The number of fused-ring (bicyclic) bond motifs is 1. The van der Waals surface area contributed by atoms with E-state index < -0.39 is 34.8 Å². The van der Waals surface area contributed by atoms with Crippen molar-refractivity contribution in [1.29, 1.82) is 0 Å². The van der Waals surface area contributed by atoms with Crippen LogP contribution in [0.1, 0.15) is 22.8 Å². The van der Waals surface area contributed by atoms with Crippen molar-refractivity contribution in [2.24, 2.45) is 0 Å². The number of hydrogen-bond acceptors (Lipinski definition) is 4. The normalized spacial score (nSPS) is 12.1. The van der Waals surface area contributed by atoms with Gasteiger partial charge in [0.15, 0.2) is 0 Å². The second-order valence-corrected chi connectivity index (χ2v) is 5.81. The molecule has 0 saturated heterocycles. The molecule has 0 bridgehead atoms. The Hall–Kier alpha value is -3.36. The smallest absolute Gasteiger partial charge is 0.327 e. The molecule has 1 atom stereocenters. The summed E-state index contributed by atoms with van der Waals surface area (Å²) < 4.78 is 27.4. The molecule has 1 amide bonds. The predicted octanol–water partition coefficient (Wildman–Crippen LogP) is 1.25. The van der Waals surface area contributed by atoms with E-state index in [2.05, 4.69) is 15.3 Å². The van der Waals surface area contributed by atoms with Crippen molar-refractivity contribution >= 4 is 16.9 Å². The van der Waals surface area contributed by atoms with Gasteiger partial charge in [-0.1, -0.05) is 6.07 Å². The van der Waals surface area contributed by atoms with Gasteiger partial charge in [0.05, 0.1) is 10.9 Å². The van der Waals surface area contributed by atoms with Gasteiger partial charge < -0.3 is 5.32 Å². The number of hydrogen-bond donors (Lipinski definition) is 3. The van der Waals surface area contributed by atoms with Crippen LogP contribution in [-0.2, 0) is 6.42 Å². The van der Waals surface area contributed by atoms with Crippen molar-refractivity contribution in [3.63, 3.8) is 0 Å². The minimum absolute atomic E-state index is 0.0425. The largest absolute Gasteiger partial charge is 0.349 e. The number of benzene rings is 1. The summed E-state index contributed by atoms with van der Waals surface area (Å²) in [6, 6.07) is 4.27. The zero-order valence-corrected chi connectivity index (χ0v) is 13.6. The Bertz CT molecular complexity index is 1090. The lowest BCUT2D eigenvalue weighted by Gasteiger charge is -2.15. The average Bonchev–Trinajstić information content (AvgIpc) is 2.58. The molecule has 3 rings (SSSR count). The molecule has 2 heterocycles.